The minimum Gasteiger partial charge on any atom is -0.389 e. The van der Waals surface area contributed by atoms with E-state index in [1.165, 1.54) is 25.7 Å². The molecule has 0 amide bonds. The third-order valence-electron chi connectivity index (χ3n) is 5.36. The molecular formula is C20H32IN3O2. The minimum absolute atomic E-state index is 0. The Kier molecular flexibility index (Phi) is 8.63. The van der Waals surface area contributed by atoms with E-state index in [4.69, 9.17) is 4.74 Å². The predicted molar refractivity (Wildman–Crippen MR) is 116 cm³/mol. The van der Waals surface area contributed by atoms with Crippen molar-refractivity contribution in [2.75, 3.05) is 32.8 Å². The molecule has 0 aromatic heterocycles. The van der Waals surface area contributed by atoms with Crippen LogP contribution in [-0.4, -0.2) is 54.9 Å². The molecule has 0 radical (unpaired) electrons. The standard InChI is InChI=1S/C20H31N3O2.HI/c1-2-21-19(23-12-11-20(16-23)9-6-10-20)22-13-18(24)15-25-14-17-7-4-3-5-8-17;/h3-5,7-8,18,24H,2,6,9-16H2,1H3,(H,21,22);1H. The monoisotopic (exact) mass is 473 g/mol. The number of nitrogens with one attached hydrogen (secondary N) is 1. The van der Waals surface area contributed by atoms with Gasteiger partial charge in [-0.25, -0.2) is 0 Å². The molecule has 3 rings (SSSR count). The first-order valence-corrected chi connectivity index (χ1v) is 9.54. The zero-order valence-electron chi connectivity index (χ0n) is 15.7. The number of aliphatic hydroxyl groups is 1. The van der Waals surface area contributed by atoms with Gasteiger partial charge in [-0.2, -0.15) is 0 Å². The number of rotatable bonds is 7. The van der Waals surface area contributed by atoms with E-state index in [1.807, 2.05) is 30.3 Å². The number of aliphatic imine (C=N–C) groups is 1. The number of likely N-dealkylation sites (tertiary alicyclic amines) is 1. The lowest BCUT2D eigenvalue weighted by molar-refractivity contribution is 0.0330. The predicted octanol–water partition coefficient (Wildman–Crippen LogP) is 3.02. The molecule has 146 valence electrons. The average Bonchev–Trinajstić information content (AvgIpc) is 3.05. The molecule has 6 heteroatoms. The molecule has 1 aromatic carbocycles. The molecule has 1 atom stereocenters. The number of aliphatic hydroxyl groups excluding tert-OH is 1. The molecule has 2 aliphatic rings. The van der Waals surface area contributed by atoms with Crippen LogP contribution in [-0.2, 0) is 11.3 Å². The van der Waals surface area contributed by atoms with Crippen molar-refractivity contribution in [3.63, 3.8) is 0 Å². The Morgan fingerprint density at radius 1 is 1.31 bits per heavy atom. The zero-order valence-corrected chi connectivity index (χ0v) is 18.0. The lowest BCUT2D eigenvalue weighted by atomic mass is 9.68. The molecule has 2 N–H and O–H groups in total. The van der Waals surface area contributed by atoms with Crippen LogP contribution in [0.3, 0.4) is 0 Å². The summed E-state index contributed by atoms with van der Waals surface area (Å²) in [4.78, 5) is 7.01. The first-order valence-electron chi connectivity index (χ1n) is 9.54. The second-order valence-electron chi connectivity index (χ2n) is 7.37. The molecular weight excluding hydrogens is 441 g/mol. The summed E-state index contributed by atoms with van der Waals surface area (Å²) in [6, 6.07) is 10.0. The molecule has 1 heterocycles. The van der Waals surface area contributed by atoms with Gasteiger partial charge in [0.2, 0.25) is 0 Å². The number of halogens is 1. The van der Waals surface area contributed by atoms with Crippen LogP contribution in [0.15, 0.2) is 35.3 Å². The van der Waals surface area contributed by atoms with Crippen molar-refractivity contribution >= 4 is 29.9 Å². The Balaban J connectivity index is 0.00000243. The minimum atomic E-state index is -0.572. The molecule has 1 aliphatic carbocycles. The molecule has 1 aromatic rings. The fourth-order valence-electron chi connectivity index (χ4n) is 3.76. The third-order valence-corrected chi connectivity index (χ3v) is 5.36. The van der Waals surface area contributed by atoms with E-state index < -0.39 is 6.10 Å². The maximum absolute atomic E-state index is 10.2. The normalized spacial score (nSPS) is 19.8. The molecule has 1 spiro atoms. The molecule has 1 unspecified atom stereocenters. The highest BCUT2D eigenvalue weighted by Gasteiger charge is 2.43. The van der Waals surface area contributed by atoms with Crippen LogP contribution < -0.4 is 5.32 Å². The number of nitrogens with zero attached hydrogens (tertiary/aromatic N) is 2. The Hall–Kier alpha value is -0.860. The van der Waals surface area contributed by atoms with Crippen molar-refractivity contribution in [1.82, 2.24) is 10.2 Å². The summed E-state index contributed by atoms with van der Waals surface area (Å²) in [6.07, 6.45) is 4.80. The van der Waals surface area contributed by atoms with Crippen molar-refractivity contribution in [2.45, 2.75) is 45.3 Å². The van der Waals surface area contributed by atoms with Crippen LogP contribution in [0.1, 0.15) is 38.2 Å². The van der Waals surface area contributed by atoms with E-state index in [-0.39, 0.29) is 24.0 Å². The van der Waals surface area contributed by atoms with Crippen molar-refractivity contribution in [3.8, 4) is 0 Å². The third kappa shape index (κ3) is 5.82. The number of guanidine groups is 1. The van der Waals surface area contributed by atoms with Gasteiger partial charge in [0.05, 0.1) is 25.9 Å². The van der Waals surface area contributed by atoms with Gasteiger partial charge in [-0.3, -0.25) is 4.99 Å². The van der Waals surface area contributed by atoms with E-state index in [2.05, 4.69) is 22.1 Å². The number of hydrogen-bond acceptors (Lipinski definition) is 3. The van der Waals surface area contributed by atoms with E-state index in [1.54, 1.807) is 0 Å². The van der Waals surface area contributed by atoms with Crippen molar-refractivity contribution in [2.24, 2.45) is 10.4 Å². The largest absolute Gasteiger partial charge is 0.389 e. The summed E-state index contributed by atoms with van der Waals surface area (Å²) in [7, 11) is 0. The Labute approximate surface area is 174 Å². The number of hydrogen-bond donors (Lipinski definition) is 2. The van der Waals surface area contributed by atoms with Gasteiger partial charge in [0.1, 0.15) is 0 Å². The second kappa shape index (κ2) is 10.5. The van der Waals surface area contributed by atoms with Crippen molar-refractivity contribution < 1.29 is 9.84 Å². The Morgan fingerprint density at radius 2 is 2.08 bits per heavy atom. The van der Waals surface area contributed by atoms with E-state index in [9.17, 15) is 5.11 Å². The fourth-order valence-corrected chi connectivity index (χ4v) is 3.76. The zero-order chi connectivity index (χ0) is 17.5. The summed E-state index contributed by atoms with van der Waals surface area (Å²) >= 11 is 0. The van der Waals surface area contributed by atoms with E-state index in [0.29, 0.717) is 25.2 Å². The Bertz CT molecular complexity index is 563. The van der Waals surface area contributed by atoms with Crippen LogP contribution in [0.4, 0.5) is 0 Å². The van der Waals surface area contributed by atoms with Gasteiger partial charge >= 0.3 is 0 Å². The van der Waals surface area contributed by atoms with Gasteiger partial charge in [0.25, 0.3) is 0 Å². The first-order chi connectivity index (χ1) is 12.2. The van der Waals surface area contributed by atoms with Crippen LogP contribution in [0.25, 0.3) is 0 Å². The van der Waals surface area contributed by atoms with Crippen LogP contribution in [0, 0.1) is 5.41 Å². The van der Waals surface area contributed by atoms with Crippen molar-refractivity contribution in [1.29, 1.82) is 0 Å². The summed E-state index contributed by atoms with van der Waals surface area (Å²) in [5, 5.41) is 13.5. The number of benzene rings is 1. The van der Waals surface area contributed by atoms with E-state index >= 15 is 0 Å². The smallest absolute Gasteiger partial charge is 0.194 e. The van der Waals surface area contributed by atoms with E-state index in [0.717, 1.165) is 31.2 Å². The highest BCUT2D eigenvalue weighted by atomic mass is 127. The van der Waals surface area contributed by atoms with Crippen molar-refractivity contribution in [3.05, 3.63) is 35.9 Å². The molecule has 26 heavy (non-hydrogen) atoms. The van der Waals surface area contributed by atoms with Crippen LogP contribution in [0.2, 0.25) is 0 Å². The van der Waals surface area contributed by atoms with Gasteiger partial charge < -0.3 is 20.1 Å². The molecule has 1 saturated heterocycles. The van der Waals surface area contributed by atoms with Gasteiger partial charge in [-0.05, 0) is 37.2 Å². The fraction of sp³-hybridized carbons (Fsp3) is 0.650. The summed E-state index contributed by atoms with van der Waals surface area (Å²) in [5.41, 5.74) is 1.67. The average molecular weight is 473 g/mol. The molecule has 5 nitrogen and oxygen atoms in total. The van der Waals surface area contributed by atoms with Gasteiger partial charge in [-0.1, -0.05) is 36.8 Å². The molecule has 2 fully saturated rings. The quantitative estimate of drug-likeness (QED) is 0.363. The first kappa shape index (κ1) is 21.4. The summed E-state index contributed by atoms with van der Waals surface area (Å²) in [5.74, 6) is 0.938. The summed E-state index contributed by atoms with van der Waals surface area (Å²) in [6.45, 7) is 6.33. The van der Waals surface area contributed by atoms with Crippen LogP contribution in [0.5, 0.6) is 0 Å². The maximum atomic E-state index is 10.2. The van der Waals surface area contributed by atoms with Gasteiger partial charge in [0.15, 0.2) is 5.96 Å². The molecule has 1 aliphatic heterocycles. The Morgan fingerprint density at radius 3 is 2.69 bits per heavy atom. The highest BCUT2D eigenvalue weighted by Crippen LogP contribution is 2.47. The lowest BCUT2D eigenvalue weighted by Gasteiger charge is -2.38. The second-order valence-corrected chi connectivity index (χ2v) is 7.37. The maximum Gasteiger partial charge on any atom is 0.194 e. The van der Waals surface area contributed by atoms with Gasteiger partial charge in [-0.15, -0.1) is 24.0 Å². The SMILES string of the molecule is CCNC(=NCC(O)COCc1ccccc1)N1CCC2(CCC2)C1.I. The highest BCUT2D eigenvalue weighted by molar-refractivity contribution is 14.0. The lowest BCUT2D eigenvalue weighted by Crippen LogP contribution is -2.43. The van der Waals surface area contributed by atoms with Gasteiger partial charge in [0, 0.05) is 19.6 Å². The molecule has 1 saturated carbocycles. The summed E-state index contributed by atoms with van der Waals surface area (Å²) < 4.78 is 5.61. The van der Waals surface area contributed by atoms with Crippen LogP contribution >= 0.6 is 24.0 Å². The topological polar surface area (TPSA) is 57.1 Å². The number of ether oxygens (including phenoxy) is 1. The molecule has 0 bridgehead atoms.